The summed E-state index contributed by atoms with van der Waals surface area (Å²) in [6.45, 7) is 4.21. The smallest absolute Gasteiger partial charge is 0.475 e. The highest BCUT2D eigenvalue weighted by Gasteiger charge is 2.38. The van der Waals surface area contributed by atoms with Gasteiger partial charge in [0.1, 0.15) is 11.6 Å². The van der Waals surface area contributed by atoms with Crippen LogP contribution in [0, 0.1) is 11.6 Å². The molecule has 13 heteroatoms. The lowest BCUT2D eigenvalue weighted by Crippen LogP contribution is -2.45. The Morgan fingerprint density at radius 1 is 1.08 bits per heavy atom. The van der Waals surface area contributed by atoms with Crippen molar-refractivity contribution in [3.05, 3.63) is 70.1 Å². The molecule has 3 N–H and O–H groups in total. The average molecular weight is 528 g/mol. The number of imidazole rings is 1. The number of alkyl halides is 3. The Bertz CT molecular complexity index is 1300. The molecule has 37 heavy (non-hydrogen) atoms. The van der Waals surface area contributed by atoms with Gasteiger partial charge in [-0.15, -0.1) is 0 Å². The van der Waals surface area contributed by atoms with Crippen LogP contribution in [0.4, 0.5) is 22.0 Å². The number of rotatable bonds is 5. The van der Waals surface area contributed by atoms with E-state index in [0.717, 1.165) is 31.4 Å². The molecule has 8 nitrogen and oxygen atoms in total. The maximum atomic E-state index is 13.4. The minimum absolute atomic E-state index is 0.0528. The molecular weight excluding hydrogens is 503 g/mol. The number of carbonyl (C=O) groups excluding carboxylic acids is 1. The zero-order valence-corrected chi connectivity index (χ0v) is 19.7. The van der Waals surface area contributed by atoms with Gasteiger partial charge in [0.25, 0.3) is 5.91 Å². The SMILES string of the molecule is C[C@@H](CN1CCC(n2c(=O)[nH]c3cc(F)ccc32)CC1)NC(=O)c1ccc(F)cc1.O=C(O)C(F)(F)F. The number of amides is 1. The van der Waals surface area contributed by atoms with E-state index in [0.29, 0.717) is 17.6 Å². The first kappa shape index (κ1) is 27.8. The quantitative estimate of drug-likeness (QED) is 0.438. The summed E-state index contributed by atoms with van der Waals surface area (Å²) in [5.41, 5.74) is 1.45. The van der Waals surface area contributed by atoms with Crippen molar-refractivity contribution in [2.75, 3.05) is 19.6 Å². The molecule has 0 radical (unpaired) electrons. The van der Waals surface area contributed by atoms with Crippen molar-refractivity contribution >= 4 is 22.9 Å². The van der Waals surface area contributed by atoms with Gasteiger partial charge in [-0.3, -0.25) is 9.36 Å². The van der Waals surface area contributed by atoms with Crippen molar-refractivity contribution in [3.63, 3.8) is 0 Å². The summed E-state index contributed by atoms with van der Waals surface area (Å²) in [6.07, 6.45) is -3.49. The number of hydrogen-bond acceptors (Lipinski definition) is 4. The van der Waals surface area contributed by atoms with Gasteiger partial charge in [0, 0.05) is 37.3 Å². The van der Waals surface area contributed by atoms with E-state index in [-0.39, 0.29) is 35.3 Å². The number of benzene rings is 2. The highest BCUT2D eigenvalue weighted by Crippen LogP contribution is 2.25. The lowest BCUT2D eigenvalue weighted by atomic mass is 10.0. The molecule has 3 aromatic rings. The van der Waals surface area contributed by atoms with E-state index in [1.165, 1.54) is 36.4 Å². The largest absolute Gasteiger partial charge is 0.490 e. The first-order valence-electron chi connectivity index (χ1n) is 11.3. The van der Waals surface area contributed by atoms with Gasteiger partial charge in [-0.25, -0.2) is 18.4 Å². The molecule has 1 aliphatic heterocycles. The predicted octanol–water partition coefficient (Wildman–Crippen LogP) is 3.70. The number of nitrogens with one attached hydrogen (secondary N) is 2. The van der Waals surface area contributed by atoms with Gasteiger partial charge in [-0.1, -0.05) is 0 Å². The second-order valence-electron chi connectivity index (χ2n) is 8.68. The zero-order valence-electron chi connectivity index (χ0n) is 19.7. The summed E-state index contributed by atoms with van der Waals surface area (Å²) < 4.78 is 59.9. The van der Waals surface area contributed by atoms with Gasteiger partial charge in [0.05, 0.1) is 11.0 Å². The van der Waals surface area contributed by atoms with E-state index in [2.05, 4.69) is 15.2 Å². The number of H-pyrrole nitrogens is 1. The van der Waals surface area contributed by atoms with Gasteiger partial charge in [0.15, 0.2) is 0 Å². The fourth-order valence-corrected chi connectivity index (χ4v) is 4.17. The summed E-state index contributed by atoms with van der Waals surface area (Å²) in [5.74, 6) is -3.73. The fraction of sp³-hybridized carbons (Fsp3) is 0.375. The maximum absolute atomic E-state index is 13.4. The van der Waals surface area contributed by atoms with Crippen molar-refractivity contribution < 1.29 is 36.6 Å². The first-order valence-corrected chi connectivity index (χ1v) is 11.3. The molecule has 1 fully saturated rings. The summed E-state index contributed by atoms with van der Waals surface area (Å²) >= 11 is 0. The van der Waals surface area contributed by atoms with Crippen molar-refractivity contribution in [2.24, 2.45) is 0 Å². The van der Waals surface area contributed by atoms with Crippen molar-refractivity contribution in [2.45, 2.75) is 38.0 Å². The van der Waals surface area contributed by atoms with E-state index in [9.17, 15) is 31.5 Å². The van der Waals surface area contributed by atoms with Gasteiger partial charge in [-0.2, -0.15) is 13.2 Å². The fourth-order valence-electron chi connectivity index (χ4n) is 4.17. The predicted molar refractivity (Wildman–Crippen MR) is 124 cm³/mol. The van der Waals surface area contributed by atoms with E-state index in [4.69, 9.17) is 9.90 Å². The molecule has 1 atom stereocenters. The molecule has 1 aliphatic rings. The summed E-state index contributed by atoms with van der Waals surface area (Å²) in [5, 5.41) is 10.1. The number of nitrogens with zero attached hydrogens (tertiary/aromatic N) is 2. The molecule has 0 unspecified atom stereocenters. The van der Waals surface area contributed by atoms with Crippen LogP contribution in [0.1, 0.15) is 36.2 Å². The first-order chi connectivity index (χ1) is 17.3. The zero-order chi connectivity index (χ0) is 27.3. The number of hydrogen-bond donors (Lipinski definition) is 3. The molecule has 0 saturated carbocycles. The third kappa shape index (κ3) is 7.38. The van der Waals surface area contributed by atoms with Crippen LogP contribution in [0.2, 0.25) is 0 Å². The Balaban J connectivity index is 0.000000479. The molecule has 1 saturated heterocycles. The van der Waals surface area contributed by atoms with Crippen LogP contribution in [-0.2, 0) is 4.79 Å². The van der Waals surface area contributed by atoms with Crippen molar-refractivity contribution in [3.8, 4) is 0 Å². The molecule has 0 spiro atoms. The minimum atomic E-state index is -5.08. The number of likely N-dealkylation sites (tertiary alicyclic amines) is 1. The monoisotopic (exact) mass is 528 g/mol. The Kier molecular flexibility index (Phi) is 8.69. The van der Waals surface area contributed by atoms with Crippen LogP contribution in [0.25, 0.3) is 11.0 Å². The van der Waals surface area contributed by atoms with Gasteiger partial charge < -0.3 is 20.3 Å². The van der Waals surface area contributed by atoms with Crippen LogP contribution in [-0.4, -0.2) is 63.3 Å². The summed E-state index contributed by atoms with van der Waals surface area (Å²) in [6, 6.07) is 9.80. The third-order valence-electron chi connectivity index (χ3n) is 5.86. The average Bonchev–Trinajstić information content (AvgIpc) is 3.14. The lowest BCUT2D eigenvalue weighted by Gasteiger charge is -2.34. The number of fused-ring (bicyclic) bond motifs is 1. The number of halogens is 5. The van der Waals surface area contributed by atoms with Crippen LogP contribution < -0.4 is 11.0 Å². The molecule has 2 aromatic carbocycles. The Morgan fingerprint density at radius 3 is 2.22 bits per heavy atom. The second kappa shape index (κ2) is 11.5. The number of aliphatic carboxylic acids is 1. The van der Waals surface area contributed by atoms with Crippen molar-refractivity contribution in [1.82, 2.24) is 19.8 Å². The molecular formula is C24H25F5N4O4. The Hall–Kier alpha value is -3.74. The number of aromatic nitrogens is 2. The van der Waals surface area contributed by atoms with E-state index < -0.39 is 12.1 Å². The summed E-state index contributed by atoms with van der Waals surface area (Å²) in [7, 11) is 0. The number of carboxylic acids is 1. The Morgan fingerprint density at radius 2 is 1.65 bits per heavy atom. The highest BCUT2D eigenvalue weighted by molar-refractivity contribution is 5.94. The maximum Gasteiger partial charge on any atom is 0.490 e. The number of carboxylic acid groups (broad SMARTS) is 1. The van der Waals surface area contributed by atoms with Crippen molar-refractivity contribution in [1.29, 1.82) is 0 Å². The molecule has 4 rings (SSSR count). The number of aromatic amines is 1. The number of piperidine rings is 1. The molecule has 200 valence electrons. The van der Waals surface area contributed by atoms with E-state index in [1.54, 1.807) is 10.6 Å². The standard InChI is InChI=1S/C22H24F2N4O2.C2HF3O2/c1-14(25-21(29)15-2-4-16(23)5-3-15)13-27-10-8-18(9-11-27)28-20-7-6-17(24)12-19(20)26-22(28)30;3-2(4,5)1(6)7/h2-7,12,14,18H,8-11,13H2,1H3,(H,25,29)(H,26,30);(H,6,7)/t14-;/m0./s1. The second-order valence-corrected chi connectivity index (χ2v) is 8.68. The third-order valence-corrected chi connectivity index (χ3v) is 5.86. The van der Waals surface area contributed by atoms with E-state index in [1.807, 2.05) is 6.92 Å². The van der Waals surface area contributed by atoms with Crippen LogP contribution in [0.15, 0.2) is 47.3 Å². The molecule has 1 amide bonds. The normalized spacial score (nSPS) is 15.6. The molecule has 1 aromatic heterocycles. The topological polar surface area (TPSA) is 107 Å². The van der Waals surface area contributed by atoms with Gasteiger partial charge in [-0.05, 0) is 62.2 Å². The van der Waals surface area contributed by atoms with Crippen LogP contribution in [0.3, 0.4) is 0 Å². The molecule has 2 heterocycles. The van der Waals surface area contributed by atoms with Gasteiger partial charge in [0.2, 0.25) is 0 Å². The molecule has 0 bridgehead atoms. The number of carbonyl (C=O) groups is 2. The molecule has 0 aliphatic carbocycles. The lowest BCUT2D eigenvalue weighted by molar-refractivity contribution is -0.192. The Labute approximate surface area is 207 Å². The minimum Gasteiger partial charge on any atom is -0.475 e. The van der Waals surface area contributed by atoms with E-state index >= 15 is 0 Å². The van der Waals surface area contributed by atoms with Crippen LogP contribution >= 0.6 is 0 Å². The highest BCUT2D eigenvalue weighted by atomic mass is 19.4. The van der Waals surface area contributed by atoms with Crippen LogP contribution in [0.5, 0.6) is 0 Å². The van der Waals surface area contributed by atoms with Gasteiger partial charge >= 0.3 is 17.8 Å². The summed E-state index contributed by atoms with van der Waals surface area (Å²) in [4.78, 5) is 38.6.